The largest absolute Gasteiger partial charge is 0.0628 e. The number of halogens is 1. The Morgan fingerprint density at radius 1 is 0.615 bits per heavy atom. The minimum absolute atomic E-state index is 1.04. The van der Waals surface area contributed by atoms with E-state index < -0.39 is 0 Å². The summed E-state index contributed by atoms with van der Waals surface area (Å²) in [5.41, 5.74) is 2.57. The van der Waals surface area contributed by atoms with Gasteiger partial charge in [-0.05, 0) is 67.7 Å². The van der Waals surface area contributed by atoms with Crippen LogP contribution in [0.15, 0.2) is 89.4 Å². The molecular weight excluding hydrogens is 396 g/mol. The lowest BCUT2D eigenvalue weighted by Gasteiger charge is -2.13. The summed E-state index contributed by atoms with van der Waals surface area (Å²) in [6.07, 6.45) is 0. The first kappa shape index (κ1) is 15.8. The van der Waals surface area contributed by atoms with Crippen molar-refractivity contribution >= 4 is 63.7 Å². The molecule has 0 saturated carbocycles. The van der Waals surface area contributed by atoms with Crippen LogP contribution in [0.25, 0.3) is 43.4 Å². The summed E-state index contributed by atoms with van der Waals surface area (Å²) in [5.74, 6) is 0. The number of rotatable bonds is 1. The van der Waals surface area contributed by atoms with E-state index >= 15 is 0 Å². The average Bonchev–Trinajstić information content (AvgIpc) is 2.67. The van der Waals surface area contributed by atoms with Crippen molar-refractivity contribution in [1.29, 1.82) is 0 Å². The van der Waals surface area contributed by atoms with Crippen molar-refractivity contribution in [1.82, 2.24) is 0 Å². The van der Waals surface area contributed by atoms with Crippen LogP contribution in [-0.4, -0.2) is 10.2 Å². The van der Waals surface area contributed by atoms with Gasteiger partial charge < -0.3 is 0 Å². The van der Waals surface area contributed by atoms with Gasteiger partial charge in [-0.2, -0.15) is 0 Å². The third kappa shape index (κ3) is 2.49. The monoisotopic (exact) mass is 412 g/mol. The van der Waals surface area contributed by atoms with Crippen LogP contribution in [0.1, 0.15) is 0 Å². The van der Waals surface area contributed by atoms with Crippen molar-refractivity contribution in [3.8, 4) is 11.1 Å². The standard InChI is InChI=1S/C24H17BrSi/c25-19-8-5-15(6-9-19)20-11-12-23(26)24-21(20)10-7-18-13-16-3-1-2-4-17(16)14-22(18)24/h1-14H,26H3. The lowest BCUT2D eigenvalue weighted by atomic mass is 9.93. The molecule has 5 aromatic rings. The highest BCUT2D eigenvalue weighted by Crippen LogP contribution is 2.34. The maximum Gasteiger partial charge on any atom is 0.0393 e. The normalized spacial score (nSPS) is 11.6. The van der Waals surface area contributed by atoms with Gasteiger partial charge in [0.2, 0.25) is 0 Å². The van der Waals surface area contributed by atoms with E-state index in [2.05, 4.69) is 101 Å². The van der Waals surface area contributed by atoms with E-state index in [4.69, 9.17) is 0 Å². The van der Waals surface area contributed by atoms with Crippen LogP contribution in [0.5, 0.6) is 0 Å². The van der Waals surface area contributed by atoms with E-state index in [9.17, 15) is 0 Å². The Labute approximate surface area is 164 Å². The number of hydrogen-bond acceptors (Lipinski definition) is 0. The molecule has 0 aromatic heterocycles. The van der Waals surface area contributed by atoms with Gasteiger partial charge in [0, 0.05) is 14.7 Å². The highest BCUT2D eigenvalue weighted by molar-refractivity contribution is 9.10. The number of benzene rings is 5. The molecule has 0 unspecified atom stereocenters. The average molecular weight is 413 g/mol. The van der Waals surface area contributed by atoms with E-state index in [-0.39, 0.29) is 0 Å². The Balaban J connectivity index is 1.90. The summed E-state index contributed by atoms with van der Waals surface area (Å²) in [5, 5.41) is 9.53. The second kappa shape index (κ2) is 6.08. The van der Waals surface area contributed by atoms with Gasteiger partial charge in [-0.25, -0.2) is 0 Å². The lowest BCUT2D eigenvalue weighted by molar-refractivity contribution is 1.63. The molecule has 0 aliphatic carbocycles. The van der Waals surface area contributed by atoms with E-state index in [1.807, 2.05) is 0 Å². The number of hydrogen-bond donors (Lipinski definition) is 0. The quantitative estimate of drug-likeness (QED) is 0.192. The lowest BCUT2D eigenvalue weighted by Crippen LogP contribution is -2.04. The zero-order valence-electron chi connectivity index (χ0n) is 14.5. The molecule has 0 heterocycles. The Morgan fingerprint density at radius 3 is 2.12 bits per heavy atom. The smallest absolute Gasteiger partial charge is 0.0393 e. The van der Waals surface area contributed by atoms with E-state index in [0.717, 1.165) is 14.7 Å². The molecule has 0 aliphatic heterocycles. The minimum atomic E-state index is 1.04. The predicted molar refractivity (Wildman–Crippen MR) is 122 cm³/mol. The van der Waals surface area contributed by atoms with Gasteiger partial charge in [0.15, 0.2) is 0 Å². The highest BCUT2D eigenvalue weighted by atomic mass is 79.9. The van der Waals surface area contributed by atoms with Crippen molar-refractivity contribution in [2.24, 2.45) is 0 Å². The first-order chi connectivity index (χ1) is 12.7. The molecule has 0 amide bonds. The van der Waals surface area contributed by atoms with Crippen LogP contribution in [0.2, 0.25) is 0 Å². The third-order valence-electron chi connectivity index (χ3n) is 5.23. The number of fused-ring (bicyclic) bond motifs is 4. The Kier molecular flexibility index (Phi) is 3.70. The molecule has 0 spiro atoms. The van der Waals surface area contributed by atoms with Crippen molar-refractivity contribution in [2.45, 2.75) is 0 Å². The SMILES string of the molecule is [SiH3]c1ccc(-c2ccc(Br)cc2)c2ccc3cc4ccccc4cc3c12. The molecule has 2 heteroatoms. The van der Waals surface area contributed by atoms with Crippen molar-refractivity contribution in [3.05, 3.63) is 89.4 Å². The Hall–Kier alpha value is -2.42. The molecule has 5 rings (SSSR count). The molecule has 0 aliphatic rings. The van der Waals surface area contributed by atoms with E-state index in [1.165, 1.54) is 48.6 Å². The van der Waals surface area contributed by atoms with Crippen LogP contribution in [0.4, 0.5) is 0 Å². The molecular formula is C24H17BrSi. The van der Waals surface area contributed by atoms with E-state index in [0.29, 0.717) is 0 Å². The fourth-order valence-corrected chi connectivity index (χ4v) is 4.90. The summed E-state index contributed by atoms with van der Waals surface area (Å²) in [4.78, 5) is 0. The summed E-state index contributed by atoms with van der Waals surface area (Å²) in [7, 11) is 1.04. The molecule has 124 valence electrons. The molecule has 0 saturated heterocycles. The van der Waals surface area contributed by atoms with Gasteiger partial charge in [0.25, 0.3) is 0 Å². The predicted octanol–water partition coefficient (Wildman–Crippen LogP) is 5.57. The van der Waals surface area contributed by atoms with Crippen LogP contribution in [0, 0.1) is 0 Å². The first-order valence-electron chi connectivity index (χ1n) is 8.81. The van der Waals surface area contributed by atoms with Crippen LogP contribution < -0.4 is 5.19 Å². The fraction of sp³-hybridized carbons (Fsp3) is 0. The van der Waals surface area contributed by atoms with Crippen molar-refractivity contribution < 1.29 is 0 Å². The maximum absolute atomic E-state index is 3.54. The van der Waals surface area contributed by atoms with Crippen LogP contribution in [0.3, 0.4) is 0 Å². The Bertz CT molecular complexity index is 1290. The summed E-state index contributed by atoms with van der Waals surface area (Å²) < 4.78 is 1.11. The second-order valence-corrected chi connectivity index (χ2v) is 8.84. The van der Waals surface area contributed by atoms with Crippen LogP contribution in [-0.2, 0) is 0 Å². The van der Waals surface area contributed by atoms with Gasteiger partial charge in [-0.15, -0.1) is 0 Å². The van der Waals surface area contributed by atoms with Crippen molar-refractivity contribution in [3.63, 3.8) is 0 Å². The molecule has 0 bridgehead atoms. The summed E-state index contributed by atoms with van der Waals surface area (Å²) in [6, 6.07) is 31.1. The van der Waals surface area contributed by atoms with Gasteiger partial charge >= 0.3 is 0 Å². The molecule has 0 atom stereocenters. The summed E-state index contributed by atoms with van der Waals surface area (Å²) in [6.45, 7) is 0. The maximum atomic E-state index is 3.54. The Morgan fingerprint density at radius 2 is 1.35 bits per heavy atom. The van der Waals surface area contributed by atoms with Gasteiger partial charge in [0.1, 0.15) is 0 Å². The van der Waals surface area contributed by atoms with Gasteiger partial charge in [0.05, 0.1) is 0 Å². The van der Waals surface area contributed by atoms with Gasteiger partial charge in [-0.1, -0.05) is 81.8 Å². The topological polar surface area (TPSA) is 0 Å². The van der Waals surface area contributed by atoms with E-state index in [1.54, 1.807) is 0 Å². The van der Waals surface area contributed by atoms with Gasteiger partial charge in [-0.3, -0.25) is 0 Å². The zero-order chi connectivity index (χ0) is 17.7. The molecule has 0 nitrogen and oxygen atoms in total. The zero-order valence-corrected chi connectivity index (χ0v) is 18.0. The minimum Gasteiger partial charge on any atom is -0.0628 e. The first-order valence-corrected chi connectivity index (χ1v) is 10.6. The molecule has 26 heavy (non-hydrogen) atoms. The summed E-state index contributed by atoms with van der Waals surface area (Å²) >= 11 is 3.54. The fourth-order valence-electron chi connectivity index (χ4n) is 3.93. The second-order valence-electron chi connectivity index (χ2n) is 6.85. The molecule has 0 radical (unpaired) electrons. The molecule has 5 aromatic carbocycles. The molecule has 0 fully saturated rings. The van der Waals surface area contributed by atoms with Crippen molar-refractivity contribution in [2.75, 3.05) is 0 Å². The van der Waals surface area contributed by atoms with Crippen LogP contribution >= 0.6 is 15.9 Å². The third-order valence-corrected chi connectivity index (χ3v) is 6.59. The highest BCUT2D eigenvalue weighted by Gasteiger charge is 2.10. The molecule has 0 N–H and O–H groups in total.